The second-order valence-corrected chi connectivity index (χ2v) is 6.99. The number of hydrogen-bond acceptors (Lipinski definition) is 4. The molecule has 4 heterocycles. The molecule has 1 atom stereocenters. The van der Waals surface area contributed by atoms with E-state index >= 15 is 0 Å². The smallest absolute Gasteiger partial charge is 0.197 e. The van der Waals surface area contributed by atoms with Crippen molar-refractivity contribution in [2.24, 2.45) is 0 Å². The zero-order chi connectivity index (χ0) is 18.4. The first-order chi connectivity index (χ1) is 13.2. The molecule has 27 heavy (non-hydrogen) atoms. The van der Waals surface area contributed by atoms with E-state index in [4.69, 9.17) is 15.3 Å². The molecule has 0 fully saturated rings. The third-order valence-corrected chi connectivity index (χ3v) is 5.27. The van der Waals surface area contributed by atoms with Gasteiger partial charge in [-0.3, -0.25) is 0 Å². The monoisotopic (exact) mass is 354 g/mol. The van der Waals surface area contributed by atoms with E-state index in [9.17, 15) is 0 Å². The topological polar surface area (TPSA) is 83.2 Å². The van der Waals surface area contributed by atoms with Crippen LogP contribution >= 0.6 is 0 Å². The van der Waals surface area contributed by atoms with Crippen LogP contribution in [0, 0.1) is 18.3 Å². The number of nitriles is 1. The second kappa shape index (κ2) is 6.06. The highest BCUT2D eigenvalue weighted by Crippen LogP contribution is 2.35. The van der Waals surface area contributed by atoms with Crippen molar-refractivity contribution < 1.29 is 0 Å². The minimum Gasteiger partial charge on any atom is -0.351 e. The molecule has 1 N–H and O–H groups in total. The average molecular weight is 354 g/mol. The van der Waals surface area contributed by atoms with Gasteiger partial charge in [-0.25, -0.2) is 14.6 Å². The Morgan fingerprint density at radius 2 is 2.07 bits per heavy atom. The standard InChI is InChI=1S/C21H18N6/c1-13-5-2-3-6-15(13)16-7-4-10-27-21(16)25-20(26-27)19-11-18-17(24-19)9-8-14(12-22)23-18/h2-3,5-6,8-9,11,16,24H,4,7,10H2,1H3. The SMILES string of the molecule is Cc1ccccc1C1CCCn2nc(-c3cc4nc(C#N)ccc4[nH]3)nc21. The Balaban J connectivity index is 1.59. The molecular formula is C21H18N6. The molecule has 0 radical (unpaired) electrons. The van der Waals surface area contributed by atoms with Gasteiger partial charge in [-0.05, 0) is 49.1 Å². The molecule has 5 rings (SSSR count). The molecule has 1 unspecified atom stereocenters. The molecule has 1 aliphatic heterocycles. The van der Waals surface area contributed by atoms with Crippen molar-refractivity contribution in [1.29, 1.82) is 5.26 Å². The minimum absolute atomic E-state index is 0.272. The van der Waals surface area contributed by atoms with E-state index in [1.54, 1.807) is 6.07 Å². The van der Waals surface area contributed by atoms with Gasteiger partial charge in [0.15, 0.2) is 5.82 Å². The molecule has 4 aromatic rings. The van der Waals surface area contributed by atoms with Crippen LogP contribution in [0.5, 0.6) is 0 Å². The fourth-order valence-electron chi connectivity index (χ4n) is 3.93. The summed E-state index contributed by atoms with van der Waals surface area (Å²) in [6.07, 6.45) is 2.18. The Kier molecular flexibility index (Phi) is 3.54. The lowest BCUT2D eigenvalue weighted by molar-refractivity contribution is 0.445. The lowest BCUT2D eigenvalue weighted by Crippen LogP contribution is -2.18. The Morgan fingerprint density at radius 1 is 1.19 bits per heavy atom. The van der Waals surface area contributed by atoms with E-state index in [1.165, 1.54) is 11.1 Å². The number of rotatable bonds is 2. The van der Waals surface area contributed by atoms with E-state index in [-0.39, 0.29) is 5.92 Å². The van der Waals surface area contributed by atoms with Crippen molar-refractivity contribution in [3.63, 3.8) is 0 Å². The van der Waals surface area contributed by atoms with E-state index in [0.29, 0.717) is 11.5 Å². The van der Waals surface area contributed by atoms with Gasteiger partial charge in [-0.2, -0.15) is 5.26 Å². The third kappa shape index (κ3) is 2.59. The molecule has 0 aliphatic carbocycles. The highest BCUT2D eigenvalue weighted by atomic mass is 15.4. The normalized spacial score (nSPS) is 16.2. The van der Waals surface area contributed by atoms with Gasteiger partial charge in [0, 0.05) is 12.5 Å². The number of hydrogen-bond donors (Lipinski definition) is 1. The summed E-state index contributed by atoms with van der Waals surface area (Å²) in [4.78, 5) is 12.6. The molecule has 132 valence electrons. The summed E-state index contributed by atoms with van der Waals surface area (Å²) in [5.74, 6) is 1.98. The van der Waals surface area contributed by atoms with Gasteiger partial charge in [0.2, 0.25) is 0 Å². The zero-order valence-corrected chi connectivity index (χ0v) is 15.0. The van der Waals surface area contributed by atoms with Crippen LogP contribution in [0.3, 0.4) is 0 Å². The predicted octanol–water partition coefficient (Wildman–Crippen LogP) is 3.93. The molecule has 0 saturated heterocycles. The molecule has 6 nitrogen and oxygen atoms in total. The summed E-state index contributed by atoms with van der Waals surface area (Å²) >= 11 is 0. The fraction of sp³-hybridized carbons (Fsp3) is 0.238. The number of pyridine rings is 1. The number of aromatic nitrogens is 5. The molecule has 1 aliphatic rings. The lowest BCUT2D eigenvalue weighted by Gasteiger charge is -2.23. The quantitative estimate of drug-likeness (QED) is 0.591. The van der Waals surface area contributed by atoms with Crippen LogP contribution in [-0.2, 0) is 6.54 Å². The molecule has 3 aromatic heterocycles. The van der Waals surface area contributed by atoms with E-state index in [2.05, 4.69) is 47.2 Å². The van der Waals surface area contributed by atoms with Gasteiger partial charge in [0.05, 0.1) is 16.7 Å². The summed E-state index contributed by atoms with van der Waals surface area (Å²) in [5.41, 5.74) is 5.50. The molecule has 0 saturated carbocycles. The van der Waals surface area contributed by atoms with E-state index in [1.807, 2.05) is 16.8 Å². The van der Waals surface area contributed by atoms with Crippen molar-refractivity contribution in [3.8, 4) is 17.6 Å². The number of nitrogens with one attached hydrogen (secondary N) is 1. The first-order valence-corrected chi connectivity index (χ1v) is 9.13. The van der Waals surface area contributed by atoms with Crippen molar-refractivity contribution in [2.75, 3.05) is 0 Å². The molecule has 1 aromatic carbocycles. The number of nitrogens with zero attached hydrogens (tertiary/aromatic N) is 5. The summed E-state index contributed by atoms with van der Waals surface area (Å²) in [6.45, 7) is 3.05. The minimum atomic E-state index is 0.272. The van der Waals surface area contributed by atoms with Gasteiger partial charge in [0.1, 0.15) is 17.6 Å². The van der Waals surface area contributed by atoms with Crippen LogP contribution in [0.25, 0.3) is 22.6 Å². The van der Waals surface area contributed by atoms with E-state index in [0.717, 1.165) is 41.9 Å². The molecule has 0 bridgehead atoms. The number of benzene rings is 1. The van der Waals surface area contributed by atoms with Gasteiger partial charge < -0.3 is 4.98 Å². The number of fused-ring (bicyclic) bond motifs is 2. The Labute approximate surface area is 156 Å². The maximum absolute atomic E-state index is 9.04. The summed E-state index contributed by atoms with van der Waals surface area (Å²) in [5, 5.41) is 13.8. The lowest BCUT2D eigenvalue weighted by atomic mass is 9.88. The van der Waals surface area contributed by atoms with Crippen molar-refractivity contribution in [1.82, 2.24) is 24.7 Å². The highest BCUT2D eigenvalue weighted by Gasteiger charge is 2.27. The first kappa shape index (κ1) is 15.8. The fourth-order valence-corrected chi connectivity index (χ4v) is 3.93. The number of aryl methyl sites for hydroxylation is 2. The van der Waals surface area contributed by atoms with Crippen LogP contribution < -0.4 is 0 Å². The summed E-state index contributed by atoms with van der Waals surface area (Å²) in [6, 6.07) is 16.1. The number of H-pyrrole nitrogens is 1. The van der Waals surface area contributed by atoms with Crippen LogP contribution in [0.1, 0.15) is 41.4 Å². The average Bonchev–Trinajstić information content (AvgIpc) is 3.31. The van der Waals surface area contributed by atoms with E-state index < -0.39 is 0 Å². The van der Waals surface area contributed by atoms with Crippen LogP contribution in [-0.4, -0.2) is 24.7 Å². The van der Waals surface area contributed by atoms with Crippen LogP contribution in [0.4, 0.5) is 0 Å². The van der Waals surface area contributed by atoms with Crippen molar-refractivity contribution in [2.45, 2.75) is 32.2 Å². The molecular weight excluding hydrogens is 336 g/mol. The molecule has 6 heteroatoms. The predicted molar refractivity (Wildman–Crippen MR) is 102 cm³/mol. The summed E-state index contributed by atoms with van der Waals surface area (Å²) < 4.78 is 2.04. The van der Waals surface area contributed by atoms with Crippen LogP contribution in [0.2, 0.25) is 0 Å². The maximum atomic E-state index is 9.04. The Morgan fingerprint density at radius 3 is 2.93 bits per heavy atom. The molecule has 0 amide bonds. The highest BCUT2D eigenvalue weighted by molar-refractivity contribution is 5.81. The maximum Gasteiger partial charge on any atom is 0.197 e. The molecule has 0 spiro atoms. The van der Waals surface area contributed by atoms with Crippen LogP contribution in [0.15, 0.2) is 42.5 Å². The van der Waals surface area contributed by atoms with Gasteiger partial charge >= 0.3 is 0 Å². The number of aromatic amines is 1. The third-order valence-electron chi connectivity index (χ3n) is 5.27. The Bertz CT molecular complexity index is 1190. The van der Waals surface area contributed by atoms with Gasteiger partial charge in [-0.15, -0.1) is 5.10 Å². The van der Waals surface area contributed by atoms with Crippen molar-refractivity contribution >= 4 is 11.0 Å². The van der Waals surface area contributed by atoms with Gasteiger partial charge in [0.25, 0.3) is 0 Å². The van der Waals surface area contributed by atoms with Crippen molar-refractivity contribution in [3.05, 3.63) is 65.1 Å². The Hall–Kier alpha value is -3.46. The van der Waals surface area contributed by atoms with Gasteiger partial charge in [-0.1, -0.05) is 24.3 Å². The first-order valence-electron chi connectivity index (χ1n) is 9.13. The summed E-state index contributed by atoms with van der Waals surface area (Å²) in [7, 11) is 0. The zero-order valence-electron chi connectivity index (χ0n) is 15.0. The second-order valence-electron chi connectivity index (χ2n) is 6.99. The largest absolute Gasteiger partial charge is 0.351 e.